The zero-order chi connectivity index (χ0) is 11.8. The molecule has 1 unspecified atom stereocenters. The first-order valence-corrected chi connectivity index (χ1v) is 7.86. The summed E-state index contributed by atoms with van der Waals surface area (Å²) in [4.78, 5) is 3.30. The van der Waals surface area contributed by atoms with Gasteiger partial charge in [0.25, 0.3) is 0 Å². The van der Waals surface area contributed by atoms with E-state index in [9.17, 15) is 0 Å². The molecule has 0 amide bonds. The van der Waals surface area contributed by atoms with Crippen LogP contribution in [-0.2, 0) is 12.8 Å². The summed E-state index contributed by atoms with van der Waals surface area (Å²) in [6, 6.07) is 10.4. The van der Waals surface area contributed by atoms with E-state index < -0.39 is 0 Å². The van der Waals surface area contributed by atoms with Gasteiger partial charge in [0.05, 0.1) is 4.83 Å². The predicted molar refractivity (Wildman–Crippen MR) is 78.6 cm³/mol. The minimum Gasteiger partial charge on any atom is -0.144 e. The molecule has 1 aliphatic carbocycles. The second-order valence-corrected chi connectivity index (χ2v) is 6.89. The standard InChI is InChI=1S/C14H12BrClS/c15-14(9-4-6-11(16)7-5-9)13-8-10-2-1-3-12(10)17-13/h4-8,14H,1-3H2. The quantitative estimate of drug-likeness (QED) is 0.650. The van der Waals surface area contributed by atoms with Crippen molar-refractivity contribution in [3.8, 4) is 0 Å². The highest BCUT2D eigenvalue weighted by molar-refractivity contribution is 9.09. The molecule has 0 saturated carbocycles. The number of fused-ring (bicyclic) bond motifs is 1. The lowest BCUT2D eigenvalue weighted by Gasteiger charge is -2.08. The van der Waals surface area contributed by atoms with Crippen molar-refractivity contribution in [3.05, 3.63) is 56.2 Å². The molecule has 3 heteroatoms. The monoisotopic (exact) mass is 326 g/mol. The Kier molecular flexibility index (Phi) is 3.29. The van der Waals surface area contributed by atoms with Crippen LogP contribution in [0.25, 0.3) is 0 Å². The second-order valence-electron chi connectivity index (χ2n) is 4.36. The van der Waals surface area contributed by atoms with Crippen LogP contribution in [0, 0.1) is 0 Å². The molecule has 17 heavy (non-hydrogen) atoms. The number of hydrogen-bond donors (Lipinski definition) is 0. The molecule has 0 nitrogen and oxygen atoms in total. The van der Waals surface area contributed by atoms with Gasteiger partial charge in [-0.3, -0.25) is 0 Å². The van der Waals surface area contributed by atoms with Crippen molar-refractivity contribution in [2.75, 3.05) is 0 Å². The van der Waals surface area contributed by atoms with E-state index in [-0.39, 0.29) is 0 Å². The molecule has 0 radical (unpaired) electrons. The Hall–Kier alpha value is -0.310. The maximum atomic E-state index is 5.91. The van der Waals surface area contributed by atoms with Crippen LogP contribution in [0.2, 0.25) is 5.02 Å². The summed E-state index contributed by atoms with van der Waals surface area (Å²) in [6.45, 7) is 0. The third-order valence-electron chi connectivity index (χ3n) is 3.18. The fourth-order valence-electron chi connectivity index (χ4n) is 2.27. The Morgan fingerprint density at radius 2 is 1.94 bits per heavy atom. The molecule has 88 valence electrons. The first kappa shape index (κ1) is 11.8. The minimum absolute atomic E-state index is 0.301. The first-order chi connectivity index (χ1) is 8.24. The molecule has 1 aromatic carbocycles. The Morgan fingerprint density at radius 1 is 1.18 bits per heavy atom. The summed E-state index contributed by atoms with van der Waals surface area (Å²) in [5, 5.41) is 0.794. The molecule has 3 rings (SSSR count). The van der Waals surface area contributed by atoms with Crippen molar-refractivity contribution in [2.45, 2.75) is 24.1 Å². The highest BCUT2D eigenvalue weighted by Crippen LogP contribution is 2.40. The summed E-state index contributed by atoms with van der Waals surface area (Å²) in [5.74, 6) is 0. The van der Waals surface area contributed by atoms with Crippen LogP contribution in [0.15, 0.2) is 30.3 Å². The largest absolute Gasteiger partial charge is 0.144 e. The molecular weight excluding hydrogens is 316 g/mol. The van der Waals surface area contributed by atoms with Crippen molar-refractivity contribution in [3.63, 3.8) is 0 Å². The van der Waals surface area contributed by atoms with Gasteiger partial charge < -0.3 is 0 Å². The molecule has 0 spiro atoms. The number of hydrogen-bond acceptors (Lipinski definition) is 1. The number of alkyl halides is 1. The lowest BCUT2D eigenvalue weighted by Crippen LogP contribution is -1.89. The fourth-order valence-corrected chi connectivity index (χ4v) is 4.38. The van der Waals surface area contributed by atoms with Crippen molar-refractivity contribution in [2.24, 2.45) is 0 Å². The number of halogens is 2. The minimum atomic E-state index is 0.301. The van der Waals surface area contributed by atoms with E-state index in [0.29, 0.717) is 4.83 Å². The highest BCUT2D eigenvalue weighted by atomic mass is 79.9. The molecule has 0 fully saturated rings. The summed E-state index contributed by atoms with van der Waals surface area (Å²) in [5.41, 5.74) is 2.83. The van der Waals surface area contributed by atoms with Crippen molar-refractivity contribution >= 4 is 38.9 Å². The van der Waals surface area contributed by atoms with Gasteiger partial charge in [0.15, 0.2) is 0 Å². The molecule has 0 saturated heterocycles. The van der Waals surface area contributed by atoms with E-state index >= 15 is 0 Å². The van der Waals surface area contributed by atoms with E-state index in [4.69, 9.17) is 11.6 Å². The van der Waals surface area contributed by atoms with Gasteiger partial charge in [0, 0.05) is 14.8 Å². The Bertz CT molecular complexity index is 508. The summed E-state index contributed by atoms with van der Waals surface area (Å²) in [6.07, 6.45) is 3.85. The molecular formula is C14H12BrClS. The van der Waals surface area contributed by atoms with Gasteiger partial charge in [-0.25, -0.2) is 0 Å². The average molecular weight is 328 g/mol. The Labute approximate surface area is 119 Å². The lowest BCUT2D eigenvalue weighted by atomic mass is 10.1. The van der Waals surface area contributed by atoms with Gasteiger partial charge in [-0.15, -0.1) is 11.3 Å². The smallest absolute Gasteiger partial charge is 0.0738 e. The normalized spacial score (nSPS) is 15.9. The predicted octanol–water partition coefficient (Wildman–Crippen LogP) is 5.37. The van der Waals surface area contributed by atoms with E-state index in [1.54, 1.807) is 10.4 Å². The molecule has 1 aliphatic rings. The molecule has 1 aromatic heterocycles. The Morgan fingerprint density at radius 3 is 2.65 bits per heavy atom. The molecule has 1 heterocycles. The topological polar surface area (TPSA) is 0 Å². The molecule has 1 atom stereocenters. The highest BCUT2D eigenvalue weighted by Gasteiger charge is 2.19. The molecule has 0 aliphatic heterocycles. The van der Waals surface area contributed by atoms with Crippen molar-refractivity contribution in [1.82, 2.24) is 0 Å². The van der Waals surface area contributed by atoms with Crippen LogP contribution in [0.5, 0.6) is 0 Å². The van der Waals surface area contributed by atoms with Gasteiger partial charge >= 0.3 is 0 Å². The number of thiophene rings is 1. The fraction of sp³-hybridized carbons (Fsp3) is 0.286. The zero-order valence-corrected chi connectivity index (χ0v) is 12.4. The van der Waals surface area contributed by atoms with E-state index in [2.05, 4.69) is 34.1 Å². The number of benzene rings is 1. The SMILES string of the molecule is Clc1ccc(C(Br)c2cc3c(s2)CCC3)cc1. The first-order valence-electron chi connectivity index (χ1n) is 5.75. The van der Waals surface area contributed by atoms with Crippen LogP contribution in [0.1, 0.15) is 32.1 Å². The zero-order valence-electron chi connectivity index (χ0n) is 9.25. The molecule has 0 bridgehead atoms. The lowest BCUT2D eigenvalue weighted by molar-refractivity contribution is 0.913. The second kappa shape index (κ2) is 4.75. The van der Waals surface area contributed by atoms with Gasteiger partial charge in [-0.2, -0.15) is 0 Å². The average Bonchev–Trinajstić information content (AvgIpc) is 2.89. The Balaban J connectivity index is 1.90. The van der Waals surface area contributed by atoms with Crippen molar-refractivity contribution in [1.29, 1.82) is 0 Å². The van der Waals surface area contributed by atoms with E-state index in [0.717, 1.165) is 5.02 Å². The molecule has 0 N–H and O–H groups in total. The van der Waals surface area contributed by atoms with Gasteiger partial charge in [0.2, 0.25) is 0 Å². The van der Waals surface area contributed by atoms with Crippen LogP contribution in [0.4, 0.5) is 0 Å². The van der Waals surface area contributed by atoms with Gasteiger partial charge in [0.1, 0.15) is 0 Å². The summed E-state index contributed by atoms with van der Waals surface area (Å²) >= 11 is 11.6. The maximum Gasteiger partial charge on any atom is 0.0738 e. The third-order valence-corrected chi connectivity index (χ3v) is 6.06. The van der Waals surface area contributed by atoms with E-state index in [1.807, 2.05) is 23.5 Å². The van der Waals surface area contributed by atoms with Gasteiger partial charge in [-0.05, 0) is 48.6 Å². The van der Waals surface area contributed by atoms with Crippen LogP contribution >= 0.6 is 38.9 Å². The van der Waals surface area contributed by atoms with Gasteiger partial charge in [-0.1, -0.05) is 39.7 Å². The maximum absolute atomic E-state index is 5.91. The van der Waals surface area contributed by atoms with Crippen LogP contribution in [-0.4, -0.2) is 0 Å². The summed E-state index contributed by atoms with van der Waals surface area (Å²) < 4.78 is 0. The summed E-state index contributed by atoms with van der Waals surface area (Å²) in [7, 11) is 0. The third kappa shape index (κ3) is 2.31. The van der Waals surface area contributed by atoms with Crippen LogP contribution in [0.3, 0.4) is 0 Å². The molecule has 2 aromatic rings. The number of aryl methyl sites for hydroxylation is 2. The van der Waals surface area contributed by atoms with Crippen LogP contribution < -0.4 is 0 Å². The van der Waals surface area contributed by atoms with E-state index in [1.165, 1.54) is 29.7 Å². The van der Waals surface area contributed by atoms with Crippen molar-refractivity contribution < 1.29 is 0 Å². The number of rotatable bonds is 2.